The van der Waals surface area contributed by atoms with Gasteiger partial charge in [0.2, 0.25) is 0 Å². The van der Waals surface area contributed by atoms with E-state index in [1.807, 2.05) is 42.5 Å². The van der Waals surface area contributed by atoms with E-state index in [2.05, 4.69) is 20.9 Å². The Balaban J connectivity index is 2.00. The number of fused-ring (bicyclic) bond motifs is 2. The van der Waals surface area contributed by atoms with Crippen LogP contribution in [0.2, 0.25) is 0 Å². The lowest BCUT2D eigenvalue weighted by Gasteiger charge is -2.05. The SMILES string of the molecule is O=Cc1c(C2=C(O)Cc3cc(Br)ccc32)[nH]c2ccccc12. The van der Waals surface area contributed by atoms with Gasteiger partial charge in [-0.25, -0.2) is 0 Å². The van der Waals surface area contributed by atoms with Crippen molar-refractivity contribution < 1.29 is 9.90 Å². The molecule has 0 saturated carbocycles. The first-order chi connectivity index (χ1) is 10.7. The van der Waals surface area contributed by atoms with Crippen LogP contribution in [0.4, 0.5) is 0 Å². The van der Waals surface area contributed by atoms with Crippen molar-refractivity contribution in [2.24, 2.45) is 0 Å². The largest absolute Gasteiger partial charge is 0.511 e. The molecule has 2 N–H and O–H groups in total. The number of aliphatic hydroxyl groups is 1. The van der Waals surface area contributed by atoms with Crippen molar-refractivity contribution in [3.63, 3.8) is 0 Å². The van der Waals surface area contributed by atoms with Crippen molar-refractivity contribution >= 4 is 38.7 Å². The molecule has 1 heterocycles. The van der Waals surface area contributed by atoms with Gasteiger partial charge in [0, 0.05) is 32.9 Å². The minimum atomic E-state index is 0.294. The minimum Gasteiger partial charge on any atom is -0.511 e. The standard InChI is InChI=1S/C18H12BrNO2/c19-11-5-6-12-10(7-11)8-16(22)17(12)18-14(9-21)13-3-1-2-4-15(13)20-18/h1-7,9,20,22H,8H2. The van der Waals surface area contributed by atoms with Gasteiger partial charge in [-0.1, -0.05) is 40.2 Å². The van der Waals surface area contributed by atoms with Gasteiger partial charge in [-0.3, -0.25) is 4.79 Å². The second kappa shape index (κ2) is 4.85. The maximum absolute atomic E-state index is 11.6. The highest BCUT2D eigenvalue weighted by molar-refractivity contribution is 9.10. The number of aromatic nitrogens is 1. The van der Waals surface area contributed by atoms with E-state index >= 15 is 0 Å². The number of aromatic amines is 1. The van der Waals surface area contributed by atoms with Gasteiger partial charge in [0.05, 0.1) is 5.69 Å². The van der Waals surface area contributed by atoms with E-state index in [0.717, 1.165) is 38.4 Å². The third kappa shape index (κ3) is 1.84. The first kappa shape index (κ1) is 13.3. The van der Waals surface area contributed by atoms with Crippen LogP contribution < -0.4 is 0 Å². The monoisotopic (exact) mass is 353 g/mol. The molecule has 3 nitrogen and oxygen atoms in total. The molecule has 0 unspecified atom stereocenters. The highest BCUT2D eigenvalue weighted by Crippen LogP contribution is 2.39. The molecule has 108 valence electrons. The zero-order valence-electron chi connectivity index (χ0n) is 11.6. The van der Waals surface area contributed by atoms with Crippen molar-refractivity contribution in [3.05, 3.63) is 75.1 Å². The highest BCUT2D eigenvalue weighted by atomic mass is 79.9. The first-order valence-corrected chi connectivity index (χ1v) is 7.75. The molecule has 3 aromatic rings. The third-order valence-electron chi connectivity index (χ3n) is 4.10. The number of carbonyl (C=O) groups excluding carboxylic acids is 1. The summed E-state index contributed by atoms with van der Waals surface area (Å²) in [5, 5.41) is 11.3. The van der Waals surface area contributed by atoms with E-state index in [4.69, 9.17) is 0 Å². The smallest absolute Gasteiger partial charge is 0.152 e. The fraction of sp³-hybridized carbons (Fsp3) is 0.0556. The zero-order chi connectivity index (χ0) is 15.3. The van der Waals surface area contributed by atoms with Gasteiger partial charge in [-0.05, 0) is 29.3 Å². The maximum atomic E-state index is 11.6. The van der Waals surface area contributed by atoms with E-state index in [9.17, 15) is 9.90 Å². The summed E-state index contributed by atoms with van der Waals surface area (Å²) in [5.41, 5.74) is 4.92. The number of hydrogen-bond acceptors (Lipinski definition) is 2. The molecular weight excluding hydrogens is 342 g/mol. The lowest BCUT2D eigenvalue weighted by molar-refractivity contribution is 0.112. The van der Waals surface area contributed by atoms with Crippen molar-refractivity contribution in [3.8, 4) is 0 Å². The van der Waals surface area contributed by atoms with Crippen LogP contribution in [-0.2, 0) is 6.42 Å². The maximum Gasteiger partial charge on any atom is 0.152 e. The van der Waals surface area contributed by atoms with Crippen LogP contribution in [0.25, 0.3) is 16.5 Å². The lowest BCUT2D eigenvalue weighted by Crippen LogP contribution is -1.93. The number of carbonyl (C=O) groups is 1. The molecule has 0 aliphatic heterocycles. The molecule has 0 saturated heterocycles. The van der Waals surface area contributed by atoms with Crippen LogP contribution in [0.15, 0.2) is 52.7 Å². The number of nitrogens with one attached hydrogen (secondary N) is 1. The summed E-state index contributed by atoms with van der Waals surface area (Å²) in [5.74, 6) is 0.294. The molecule has 2 aromatic carbocycles. The van der Waals surface area contributed by atoms with Gasteiger partial charge in [0.1, 0.15) is 5.76 Å². The Hall–Kier alpha value is -2.33. The molecule has 0 spiro atoms. The molecule has 0 atom stereocenters. The number of allylic oxidation sites excluding steroid dienone is 1. The number of hydrogen-bond donors (Lipinski definition) is 2. The summed E-state index contributed by atoms with van der Waals surface area (Å²) in [6.45, 7) is 0. The summed E-state index contributed by atoms with van der Waals surface area (Å²) >= 11 is 3.45. The van der Waals surface area contributed by atoms with Gasteiger partial charge < -0.3 is 10.1 Å². The molecule has 4 rings (SSSR count). The second-order valence-corrected chi connectivity index (χ2v) is 6.29. The molecule has 1 aromatic heterocycles. The van der Waals surface area contributed by atoms with E-state index < -0.39 is 0 Å². The fourth-order valence-corrected chi connectivity index (χ4v) is 3.55. The van der Waals surface area contributed by atoms with Gasteiger partial charge in [0.25, 0.3) is 0 Å². The number of H-pyrrole nitrogens is 1. The summed E-state index contributed by atoms with van der Waals surface area (Å²) < 4.78 is 0.979. The molecule has 1 aliphatic carbocycles. The summed E-state index contributed by atoms with van der Waals surface area (Å²) in [7, 11) is 0. The number of halogens is 1. The Morgan fingerprint density at radius 2 is 2.00 bits per heavy atom. The molecule has 4 heteroatoms. The highest BCUT2D eigenvalue weighted by Gasteiger charge is 2.26. The minimum absolute atomic E-state index is 0.294. The Kier molecular flexibility index (Phi) is 2.94. The summed E-state index contributed by atoms with van der Waals surface area (Å²) in [6.07, 6.45) is 1.34. The summed E-state index contributed by atoms with van der Waals surface area (Å²) in [6, 6.07) is 13.6. The van der Waals surface area contributed by atoms with Crippen LogP contribution in [0.5, 0.6) is 0 Å². The average Bonchev–Trinajstić information content (AvgIpc) is 3.02. The van der Waals surface area contributed by atoms with Crippen LogP contribution in [0.3, 0.4) is 0 Å². The molecule has 0 radical (unpaired) electrons. The van der Waals surface area contributed by atoms with Crippen LogP contribution in [0, 0.1) is 0 Å². The Bertz CT molecular complexity index is 953. The predicted octanol–water partition coefficient (Wildman–Crippen LogP) is 4.62. The quantitative estimate of drug-likeness (QED) is 0.660. The van der Waals surface area contributed by atoms with Crippen molar-refractivity contribution in [1.29, 1.82) is 0 Å². The summed E-state index contributed by atoms with van der Waals surface area (Å²) in [4.78, 5) is 14.9. The van der Waals surface area contributed by atoms with Crippen molar-refractivity contribution in [2.75, 3.05) is 0 Å². The number of para-hydroxylation sites is 1. The molecule has 0 bridgehead atoms. The van der Waals surface area contributed by atoms with Gasteiger partial charge in [-0.2, -0.15) is 0 Å². The molecule has 0 fully saturated rings. The predicted molar refractivity (Wildman–Crippen MR) is 90.2 cm³/mol. The normalized spacial score (nSPS) is 13.7. The van der Waals surface area contributed by atoms with E-state index in [-0.39, 0.29) is 0 Å². The molecule has 22 heavy (non-hydrogen) atoms. The van der Waals surface area contributed by atoms with Crippen LogP contribution >= 0.6 is 15.9 Å². The third-order valence-corrected chi connectivity index (χ3v) is 4.59. The van der Waals surface area contributed by atoms with E-state index in [1.165, 1.54) is 0 Å². The first-order valence-electron chi connectivity index (χ1n) is 6.96. The zero-order valence-corrected chi connectivity index (χ0v) is 13.1. The van der Waals surface area contributed by atoms with Crippen LogP contribution in [-0.4, -0.2) is 16.4 Å². The lowest BCUT2D eigenvalue weighted by atomic mass is 10.0. The van der Waals surface area contributed by atoms with Gasteiger partial charge in [0.15, 0.2) is 6.29 Å². The second-order valence-electron chi connectivity index (χ2n) is 5.38. The van der Waals surface area contributed by atoms with Crippen LogP contribution in [0.1, 0.15) is 27.2 Å². The Labute approximate surface area is 135 Å². The topological polar surface area (TPSA) is 53.1 Å². The van der Waals surface area contributed by atoms with E-state index in [1.54, 1.807) is 0 Å². The van der Waals surface area contributed by atoms with E-state index in [0.29, 0.717) is 23.4 Å². The average molecular weight is 354 g/mol. The van der Waals surface area contributed by atoms with Crippen molar-refractivity contribution in [2.45, 2.75) is 6.42 Å². The fourth-order valence-electron chi connectivity index (χ4n) is 3.14. The number of aldehydes is 1. The number of benzene rings is 2. The van der Waals surface area contributed by atoms with Gasteiger partial charge >= 0.3 is 0 Å². The Morgan fingerprint density at radius 1 is 1.18 bits per heavy atom. The molecule has 1 aliphatic rings. The molecular formula is C18H12BrNO2. The van der Waals surface area contributed by atoms with Gasteiger partial charge in [-0.15, -0.1) is 0 Å². The van der Waals surface area contributed by atoms with Crippen molar-refractivity contribution in [1.82, 2.24) is 4.98 Å². The Morgan fingerprint density at radius 3 is 2.82 bits per heavy atom. The number of rotatable bonds is 2. The molecule has 0 amide bonds. The number of aliphatic hydroxyl groups excluding tert-OH is 1.